The first kappa shape index (κ1) is 21.8. The molecule has 3 heterocycles. The molecule has 5 nitrogen and oxygen atoms in total. The highest BCUT2D eigenvalue weighted by Gasteiger charge is 2.53. The smallest absolute Gasteiger partial charge is 0.410 e. The van der Waals surface area contributed by atoms with E-state index in [-0.39, 0.29) is 24.1 Å². The fraction of sp³-hybridized carbons (Fsp3) is 0.652. The number of fused-ring (bicyclic) bond motifs is 4. The van der Waals surface area contributed by atoms with Gasteiger partial charge in [-0.1, -0.05) is 23.2 Å². The zero-order valence-electron chi connectivity index (χ0n) is 18.1. The average molecular weight is 453 g/mol. The van der Waals surface area contributed by atoms with Gasteiger partial charge in [0.2, 0.25) is 5.91 Å². The summed E-state index contributed by atoms with van der Waals surface area (Å²) in [7, 11) is 0. The third-order valence-electron chi connectivity index (χ3n) is 6.86. The molecule has 1 aromatic carbocycles. The van der Waals surface area contributed by atoms with E-state index >= 15 is 0 Å². The number of benzene rings is 1. The van der Waals surface area contributed by atoms with E-state index in [1.54, 1.807) is 11.0 Å². The van der Waals surface area contributed by atoms with E-state index in [0.717, 1.165) is 43.2 Å². The first-order valence-corrected chi connectivity index (χ1v) is 11.5. The van der Waals surface area contributed by atoms with Crippen LogP contribution in [0.5, 0.6) is 0 Å². The Balaban J connectivity index is 1.57. The van der Waals surface area contributed by atoms with Crippen molar-refractivity contribution in [3.05, 3.63) is 33.3 Å². The first-order chi connectivity index (χ1) is 14.0. The number of hydrogen-bond acceptors (Lipinski definition) is 3. The van der Waals surface area contributed by atoms with Crippen LogP contribution < -0.4 is 0 Å². The Labute approximate surface area is 188 Å². The standard InChI is InChI=1S/C23H30Cl2N2O3/c1-14-19-15(11-16(24)12-18(19)25)7-10-26(14)20(28)23-8-5-17(6-9-23)27(13-23)21(29)30-22(2,3)4/h11-12,14,17H,5-10,13H2,1-4H3/t14-,17?,23?/m0/s1. The molecule has 164 valence electrons. The first-order valence-electron chi connectivity index (χ1n) is 10.8. The monoisotopic (exact) mass is 452 g/mol. The Morgan fingerprint density at radius 3 is 2.43 bits per heavy atom. The van der Waals surface area contributed by atoms with Crippen LogP contribution in [0.25, 0.3) is 0 Å². The highest BCUT2D eigenvalue weighted by atomic mass is 35.5. The van der Waals surface area contributed by atoms with Crippen molar-refractivity contribution in [3.8, 4) is 0 Å². The molecule has 0 aromatic heterocycles. The molecule has 30 heavy (non-hydrogen) atoms. The molecule has 1 aliphatic carbocycles. The minimum atomic E-state index is -0.548. The van der Waals surface area contributed by atoms with Crippen LogP contribution in [0.2, 0.25) is 10.0 Å². The molecule has 0 spiro atoms. The topological polar surface area (TPSA) is 49.9 Å². The highest BCUT2D eigenvalue weighted by Crippen LogP contribution is 2.48. The van der Waals surface area contributed by atoms with Gasteiger partial charge in [-0.25, -0.2) is 4.79 Å². The summed E-state index contributed by atoms with van der Waals surface area (Å²) < 4.78 is 5.63. The largest absolute Gasteiger partial charge is 0.444 e. The van der Waals surface area contributed by atoms with Gasteiger partial charge in [-0.2, -0.15) is 0 Å². The zero-order chi connectivity index (χ0) is 21.8. The maximum atomic E-state index is 13.9. The van der Waals surface area contributed by atoms with Crippen molar-refractivity contribution < 1.29 is 14.3 Å². The molecule has 5 rings (SSSR count). The van der Waals surface area contributed by atoms with Gasteiger partial charge in [0.05, 0.1) is 11.5 Å². The van der Waals surface area contributed by atoms with E-state index in [1.165, 1.54) is 0 Å². The molecule has 7 heteroatoms. The van der Waals surface area contributed by atoms with Crippen LogP contribution >= 0.6 is 23.2 Å². The van der Waals surface area contributed by atoms with Crippen LogP contribution in [0.3, 0.4) is 0 Å². The normalized spacial score (nSPS) is 28.3. The van der Waals surface area contributed by atoms with Gasteiger partial charge >= 0.3 is 6.09 Å². The van der Waals surface area contributed by atoms with Crippen LogP contribution in [-0.4, -0.2) is 46.5 Å². The summed E-state index contributed by atoms with van der Waals surface area (Å²) >= 11 is 12.7. The van der Waals surface area contributed by atoms with Crippen molar-refractivity contribution in [1.29, 1.82) is 0 Å². The molecule has 0 unspecified atom stereocenters. The highest BCUT2D eigenvalue weighted by molar-refractivity contribution is 6.35. The summed E-state index contributed by atoms with van der Waals surface area (Å²) in [6.07, 6.45) is 3.76. The van der Waals surface area contributed by atoms with Crippen LogP contribution in [0.4, 0.5) is 4.79 Å². The summed E-state index contributed by atoms with van der Waals surface area (Å²) in [4.78, 5) is 30.4. The van der Waals surface area contributed by atoms with Gasteiger partial charge in [0, 0.05) is 29.2 Å². The molecular weight excluding hydrogens is 423 g/mol. The molecule has 0 N–H and O–H groups in total. The number of carbonyl (C=O) groups is 2. The SMILES string of the molecule is C[C@H]1c2c(Cl)cc(Cl)cc2CCN1C(=O)C12CCC(CC1)N(C(=O)OC(C)(C)C)C2. The van der Waals surface area contributed by atoms with Crippen LogP contribution in [0.1, 0.15) is 70.5 Å². The zero-order valence-corrected chi connectivity index (χ0v) is 19.6. The molecule has 4 aliphatic rings. The number of halogens is 2. The number of hydrogen-bond donors (Lipinski definition) is 0. The Bertz CT molecular complexity index is 872. The van der Waals surface area contributed by atoms with Gasteiger partial charge in [0.1, 0.15) is 5.60 Å². The Hall–Kier alpha value is -1.46. The van der Waals surface area contributed by atoms with Crippen molar-refractivity contribution in [3.63, 3.8) is 0 Å². The van der Waals surface area contributed by atoms with Gasteiger partial charge in [-0.3, -0.25) is 4.79 Å². The fourth-order valence-corrected chi connectivity index (χ4v) is 6.07. The second-order valence-electron chi connectivity index (χ2n) is 10.0. The summed E-state index contributed by atoms with van der Waals surface area (Å²) in [6, 6.07) is 3.76. The Morgan fingerprint density at radius 1 is 1.13 bits per heavy atom. The molecule has 1 atom stereocenters. The Morgan fingerprint density at radius 2 is 1.80 bits per heavy atom. The van der Waals surface area contributed by atoms with E-state index in [9.17, 15) is 9.59 Å². The van der Waals surface area contributed by atoms with Gasteiger partial charge in [-0.15, -0.1) is 0 Å². The second-order valence-corrected chi connectivity index (χ2v) is 10.8. The molecule has 1 saturated carbocycles. The molecular formula is C23H30Cl2N2O3. The summed E-state index contributed by atoms with van der Waals surface area (Å²) in [5.74, 6) is 0.137. The molecule has 3 fully saturated rings. The van der Waals surface area contributed by atoms with Gasteiger partial charge in [0.25, 0.3) is 0 Å². The molecule has 2 bridgehead atoms. The second kappa shape index (κ2) is 7.59. The number of nitrogens with zero attached hydrogens (tertiary/aromatic N) is 2. The number of amides is 2. The predicted molar refractivity (Wildman–Crippen MR) is 118 cm³/mol. The van der Waals surface area contributed by atoms with Crippen molar-refractivity contribution in [2.24, 2.45) is 5.41 Å². The number of rotatable bonds is 1. The van der Waals surface area contributed by atoms with E-state index in [1.807, 2.05) is 38.7 Å². The maximum Gasteiger partial charge on any atom is 0.410 e. The molecule has 2 amide bonds. The van der Waals surface area contributed by atoms with Gasteiger partial charge < -0.3 is 14.5 Å². The van der Waals surface area contributed by atoms with Crippen molar-refractivity contribution in [2.45, 2.75) is 77.5 Å². The maximum absolute atomic E-state index is 13.9. The lowest BCUT2D eigenvalue weighted by molar-refractivity contribution is -0.154. The molecule has 1 aromatic rings. The van der Waals surface area contributed by atoms with E-state index in [0.29, 0.717) is 23.1 Å². The summed E-state index contributed by atoms with van der Waals surface area (Å²) in [6.45, 7) is 8.73. The minimum absolute atomic E-state index is 0.116. The molecule has 0 radical (unpaired) electrons. The number of carbonyl (C=O) groups excluding carboxylic acids is 2. The lowest BCUT2D eigenvalue weighted by Gasteiger charge is -2.53. The van der Waals surface area contributed by atoms with E-state index in [4.69, 9.17) is 27.9 Å². The fourth-order valence-electron chi connectivity index (χ4n) is 5.38. The number of piperidine rings is 2. The third-order valence-corrected chi connectivity index (χ3v) is 7.39. The van der Waals surface area contributed by atoms with Crippen LogP contribution in [0, 0.1) is 5.41 Å². The molecule has 3 aliphatic heterocycles. The summed E-state index contributed by atoms with van der Waals surface area (Å²) in [5.41, 5.74) is 1.03. The number of ether oxygens (including phenoxy) is 1. The quantitative estimate of drug-likeness (QED) is 0.555. The van der Waals surface area contributed by atoms with Crippen molar-refractivity contribution >= 4 is 35.2 Å². The van der Waals surface area contributed by atoms with E-state index in [2.05, 4.69) is 0 Å². The predicted octanol–water partition coefficient (Wildman–Crippen LogP) is 5.62. The van der Waals surface area contributed by atoms with Crippen LogP contribution in [0.15, 0.2) is 12.1 Å². The van der Waals surface area contributed by atoms with Gasteiger partial charge in [-0.05, 0) is 83.1 Å². The van der Waals surface area contributed by atoms with E-state index < -0.39 is 11.0 Å². The minimum Gasteiger partial charge on any atom is -0.444 e. The average Bonchev–Trinajstić information content (AvgIpc) is 2.66. The Kier molecular flexibility index (Phi) is 5.51. The van der Waals surface area contributed by atoms with Crippen molar-refractivity contribution in [2.75, 3.05) is 13.1 Å². The lowest BCUT2D eigenvalue weighted by atomic mass is 9.66. The third kappa shape index (κ3) is 3.80. The van der Waals surface area contributed by atoms with Crippen molar-refractivity contribution in [1.82, 2.24) is 9.80 Å². The molecule has 2 saturated heterocycles. The van der Waals surface area contributed by atoms with Gasteiger partial charge in [0.15, 0.2) is 0 Å². The van der Waals surface area contributed by atoms with Crippen LogP contribution in [-0.2, 0) is 16.0 Å². The lowest BCUT2D eigenvalue weighted by Crippen LogP contribution is -2.62. The summed E-state index contributed by atoms with van der Waals surface area (Å²) in [5, 5.41) is 1.24.